The van der Waals surface area contributed by atoms with Crippen LogP contribution < -0.4 is 5.32 Å². The quantitative estimate of drug-likeness (QED) is 0.818. The van der Waals surface area contributed by atoms with Crippen LogP contribution in [0.5, 0.6) is 0 Å². The summed E-state index contributed by atoms with van der Waals surface area (Å²) in [6.07, 6.45) is 1.19. The van der Waals surface area contributed by atoms with Gasteiger partial charge < -0.3 is 5.32 Å². The van der Waals surface area contributed by atoms with Crippen molar-refractivity contribution in [3.05, 3.63) is 21.4 Å². The summed E-state index contributed by atoms with van der Waals surface area (Å²) in [6, 6.07) is 2.78. The van der Waals surface area contributed by atoms with E-state index >= 15 is 0 Å². The van der Waals surface area contributed by atoms with Crippen LogP contribution in [-0.4, -0.2) is 6.54 Å². The maximum Gasteiger partial charge on any atom is 0.0466 e. The van der Waals surface area contributed by atoms with Crippen LogP contribution in [0.3, 0.4) is 0 Å². The number of nitrogens with one attached hydrogen (secondary N) is 1. The van der Waals surface area contributed by atoms with Crippen molar-refractivity contribution in [2.45, 2.75) is 54.0 Å². The number of thiophene rings is 1. The van der Waals surface area contributed by atoms with Crippen molar-refractivity contribution in [3.63, 3.8) is 0 Å². The van der Waals surface area contributed by atoms with Crippen LogP contribution in [0.1, 0.15) is 55.5 Å². The third-order valence-electron chi connectivity index (χ3n) is 2.81. The molecule has 0 saturated carbocycles. The highest BCUT2D eigenvalue weighted by Crippen LogP contribution is 2.38. The van der Waals surface area contributed by atoms with Crippen LogP contribution in [0.2, 0.25) is 0 Å². The van der Waals surface area contributed by atoms with Crippen LogP contribution in [0, 0.1) is 19.3 Å². The van der Waals surface area contributed by atoms with Gasteiger partial charge in [0.1, 0.15) is 0 Å². The number of hydrogen-bond donors (Lipinski definition) is 1. The molecule has 92 valence electrons. The molecule has 1 rings (SSSR count). The van der Waals surface area contributed by atoms with E-state index in [0.717, 1.165) is 6.54 Å². The zero-order valence-corrected chi connectivity index (χ0v) is 12.3. The average molecular weight is 239 g/mol. The minimum atomic E-state index is 0.275. The van der Waals surface area contributed by atoms with Crippen LogP contribution in [0.15, 0.2) is 6.07 Å². The molecule has 0 aliphatic carbocycles. The molecular formula is C14H25NS. The van der Waals surface area contributed by atoms with Gasteiger partial charge in [-0.1, -0.05) is 27.7 Å². The van der Waals surface area contributed by atoms with Crippen LogP contribution in [-0.2, 0) is 0 Å². The lowest BCUT2D eigenvalue weighted by atomic mass is 9.84. The van der Waals surface area contributed by atoms with E-state index in [1.807, 2.05) is 11.3 Å². The minimum Gasteiger partial charge on any atom is -0.309 e. The standard InChI is InChI=1S/C14H25NS/c1-7-8-15-13(14(4,5)6)12-10(2)9-11(3)16-12/h9,13,15H,7-8H2,1-6H3. The van der Waals surface area contributed by atoms with Crippen molar-refractivity contribution in [3.8, 4) is 0 Å². The van der Waals surface area contributed by atoms with E-state index in [1.54, 1.807) is 0 Å². The minimum absolute atomic E-state index is 0.275. The lowest BCUT2D eigenvalue weighted by Gasteiger charge is -2.31. The second kappa shape index (κ2) is 5.33. The van der Waals surface area contributed by atoms with Gasteiger partial charge in [-0.3, -0.25) is 0 Å². The van der Waals surface area contributed by atoms with Crippen LogP contribution in [0.4, 0.5) is 0 Å². The van der Waals surface area contributed by atoms with Crippen molar-refractivity contribution in [1.82, 2.24) is 5.32 Å². The Balaban J connectivity index is 2.96. The van der Waals surface area contributed by atoms with Gasteiger partial charge >= 0.3 is 0 Å². The van der Waals surface area contributed by atoms with Gasteiger partial charge in [-0.2, -0.15) is 0 Å². The van der Waals surface area contributed by atoms with E-state index in [1.165, 1.54) is 21.7 Å². The molecule has 0 aliphatic rings. The van der Waals surface area contributed by atoms with Gasteiger partial charge in [-0.15, -0.1) is 11.3 Å². The summed E-state index contributed by atoms with van der Waals surface area (Å²) >= 11 is 1.94. The maximum absolute atomic E-state index is 3.69. The zero-order chi connectivity index (χ0) is 12.3. The van der Waals surface area contributed by atoms with Crippen molar-refractivity contribution in [1.29, 1.82) is 0 Å². The van der Waals surface area contributed by atoms with Crippen molar-refractivity contribution >= 4 is 11.3 Å². The summed E-state index contributed by atoms with van der Waals surface area (Å²) < 4.78 is 0. The largest absolute Gasteiger partial charge is 0.309 e. The molecule has 1 heterocycles. The molecule has 0 spiro atoms. The molecule has 0 amide bonds. The van der Waals surface area contributed by atoms with Gasteiger partial charge in [0.05, 0.1) is 0 Å². The van der Waals surface area contributed by atoms with Gasteiger partial charge in [0.2, 0.25) is 0 Å². The first-order valence-electron chi connectivity index (χ1n) is 6.16. The molecule has 0 fully saturated rings. The molecule has 0 radical (unpaired) electrons. The fraction of sp³-hybridized carbons (Fsp3) is 0.714. The van der Waals surface area contributed by atoms with E-state index in [4.69, 9.17) is 0 Å². The smallest absolute Gasteiger partial charge is 0.0466 e. The monoisotopic (exact) mass is 239 g/mol. The molecule has 2 heteroatoms. The molecular weight excluding hydrogens is 214 g/mol. The predicted octanol–water partition coefficient (Wildman–Crippen LogP) is 4.45. The summed E-state index contributed by atoms with van der Waals surface area (Å²) in [5.41, 5.74) is 1.71. The highest BCUT2D eigenvalue weighted by molar-refractivity contribution is 7.12. The summed E-state index contributed by atoms with van der Waals surface area (Å²) in [5.74, 6) is 0. The molecule has 1 unspecified atom stereocenters. The molecule has 0 saturated heterocycles. The summed E-state index contributed by atoms with van der Waals surface area (Å²) in [4.78, 5) is 2.93. The van der Waals surface area contributed by atoms with Crippen molar-refractivity contribution in [2.24, 2.45) is 5.41 Å². The molecule has 0 bridgehead atoms. The van der Waals surface area contributed by atoms with E-state index in [9.17, 15) is 0 Å². The van der Waals surface area contributed by atoms with Crippen LogP contribution >= 0.6 is 11.3 Å². The second-order valence-corrected chi connectivity index (χ2v) is 6.95. The lowest BCUT2D eigenvalue weighted by molar-refractivity contribution is 0.276. The molecule has 1 aromatic rings. The highest BCUT2D eigenvalue weighted by atomic mass is 32.1. The van der Waals surface area contributed by atoms with E-state index in [-0.39, 0.29) is 5.41 Å². The third kappa shape index (κ3) is 3.33. The van der Waals surface area contributed by atoms with Crippen molar-refractivity contribution < 1.29 is 0 Å². The Hall–Kier alpha value is -0.340. The Morgan fingerprint density at radius 1 is 1.31 bits per heavy atom. The van der Waals surface area contributed by atoms with Crippen LogP contribution in [0.25, 0.3) is 0 Å². The van der Waals surface area contributed by atoms with E-state index in [0.29, 0.717) is 6.04 Å². The first kappa shape index (κ1) is 13.7. The fourth-order valence-electron chi connectivity index (χ4n) is 2.03. The molecule has 1 N–H and O–H groups in total. The molecule has 0 aliphatic heterocycles. The Morgan fingerprint density at radius 2 is 1.94 bits per heavy atom. The molecule has 0 aromatic carbocycles. The Morgan fingerprint density at radius 3 is 2.31 bits per heavy atom. The Kier molecular flexibility index (Phi) is 4.57. The molecule has 16 heavy (non-hydrogen) atoms. The summed E-state index contributed by atoms with van der Waals surface area (Å²) in [6.45, 7) is 14.7. The molecule has 1 aromatic heterocycles. The maximum atomic E-state index is 3.69. The van der Waals surface area contributed by atoms with Gasteiger partial charge in [0, 0.05) is 15.8 Å². The fourth-order valence-corrected chi connectivity index (χ4v) is 3.38. The third-order valence-corrected chi connectivity index (χ3v) is 4.02. The summed E-state index contributed by atoms with van der Waals surface area (Å²) in [5, 5.41) is 3.69. The van der Waals surface area contributed by atoms with Gasteiger partial charge in [0.15, 0.2) is 0 Å². The first-order chi connectivity index (χ1) is 7.36. The first-order valence-corrected chi connectivity index (χ1v) is 6.98. The normalized spacial score (nSPS) is 14.1. The average Bonchev–Trinajstić information content (AvgIpc) is 2.44. The highest BCUT2D eigenvalue weighted by Gasteiger charge is 2.28. The zero-order valence-electron chi connectivity index (χ0n) is 11.5. The lowest BCUT2D eigenvalue weighted by Crippen LogP contribution is -2.32. The SMILES string of the molecule is CCCNC(c1sc(C)cc1C)C(C)(C)C. The second-order valence-electron chi connectivity index (χ2n) is 5.66. The number of aryl methyl sites for hydroxylation is 2. The topological polar surface area (TPSA) is 12.0 Å². The van der Waals surface area contributed by atoms with Gasteiger partial charge in [-0.05, 0) is 43.9 Å². The molecule has 1 nitrogen and oxygen atoms in total. The van der Waals surface area contributed by atoms with Gasteiger partial charge in [-0.25, -0.2) is 0 Å². The molecule has 1 atom stereocenters. The summed E-state index contributed by atoms with van der Waals surface area (Å²) in [7, 11) is 0. The van der Waals surface area contributed by atoms with E-state index < -0.39 is 0 Å². The number of rotatable bonds is 4. The van der Waals surface area contributed by atoms with Gasteiger partial charge in [0.25, 0.3) is 0 Å². The Labute approximate surface area is 104 Å². The Bertz CT molecular complexity index is 333. The van der Waals surface area contributed by atoms with Crippen molar-refractivity contribution in [2.75, 3.05) is 6.54 Å². The van der Waals surface area contributed by atoms with E-state index in [2.05, 4.69) is 52.9 Å². The predicted molar refractivity (Wildman–Crippen MR) is 74.3 cm³/mol. The number of hydrogen-bond acceptors (Lipinski definition) is 2.